The SMILES string of the molecule is CC=CC(=O)Nc1ccc(NC(=O)NC)cc1. The van der Waals surface area contributed by atoms with Crippen LogP contribution in [0.3, 0.4) is 0 Å². The van der Waals surface area contributed by atoms with Crippen LogP contribution in [0.15, 0.2) is 36.4 Å². The van der Waals surface area contributed by atoms with Crippen molar-refractivity contribution in [1.82, 2.24) is 5.32 Å². The molecule has 0 saturated carbocycles. The molecule has 0 radical (unpaired) electrons. The van der Waals surface area contributed by atoms with E-state index in [1.165, 1.54) is 6.08 Å². The normalized spacial score (nSPS) is 10.0. The van der Waals surface area contributed by atoms with E-state index in [9.17, 15) is 9.59 Å². The average Bonchev–Trinajstić information content (AvgIpc) is 2.32. The van der Waals surface area contributed by atoms with Crippen molar-refractivity contribution in [1.29, 1.82) is 0 Å². The number of anilines is 2. The third kappa shape index (κ3) is 4.38. The van der Waals surface area contributed by atoms with Crippen molar-refractivity contribution in [2.75, 3.05) is 17.7 Å². The Kier molecular flexibility index (Phi) is 4.75. The highest BCUT2D eigenvalue weighted by Gasteiger charge is 2.00. The maximum atomic E-state index is 11.2. The first-order valence-corrected chi connectivity index (χ1v) is 5.18. The number of rotatable bonds is 3. The Morgan fingerprint density at radius 2 is 1.59 bits per heavy atom. The number of allylic oxidation sites excluding steroid dienone is 1. The summed E-state index contributed by atoms with van der Waals surface area (Å²) in [7, 11) is 1.54. The van der Waals surface area contributed by atoms with E-state index < -0.39 is 0 Å². The molecule has 3 N–H and O–H groups in total. The number of benzene rings is 1. The predicted octanol–water partition coefficient (Wildman–Crippen LogP) is 1.95. The first kappa shape index (κ1) is 12.8. The van der Waals surface area contributed by atoms with Crippen LogP contribution < -0.4 is 16.0 Å². The Bertz CT molecular complexity index is 424. The minimum Gasteiger partial charge on any atom is -0.341 e. The van der Waals surface area contributed by atoms with Crippen LogP contribution in [0, 0.1) is 0 Å². The molecule has 3 amide bonds. The molecule has 0 atom stereocenters. The largest absolute Gasteiger partial charge is 0.341 e. The first-order valence-electron chi connectivity index (χ1n) is 5.18. The molecular formula is C12H15N3O2. The van der Waals surface area contributed by atoms with Crippen LogP contribution in [-0.4, -0.2) is 19.0 Å². The number of carbonyl (C=O) groups excluding carboxylic acids is 2. The van der Waals surface area contributed by atoms with Crippen molar-refractivity contribution in [2.45, 2.75) is 6.92 Å². The highest BCUT2D eigenvalue weighted by molar-refractivity contribution is 5.99. The van der Waals surface area contributed by atoms with Gasteiger partial charge in [-0.15, -0.1) is 0 Å². The van der Waals surface area contributed by atoms with Crippen LogP contribution in [0.1, 0.15) is 6.92 Å². The van der Waals surface area contributed by atoms with E-state index in [-0.39, 0.29) is 11.9 Å². The number of carbonyl (C=O) groups is 2. The van der Waals surface area contributed by atoms with Gasteiger partial charge in [-0.05, 0) is 37.3 Å². The third-order valence-corrected chi connectivity index (χ3v) is 1.96. The van der Waals surface area contributed by atoms with Gasteiger partial charge in [-0.3, -0.25) is 4.79 Å². The molecule has 0 heterocycles. The topological polar surface area (TPSA) is 70.2 Å². The van der Waals surface area contributed by atoms with Crippen LogP contribution >= 0.6 is 0 Å². The summed E-state index contributed by atoms with van der Waals surface area (Å²) in [5, 5.41) is 7.75. The highest BCUT2D eigenvalue weighted by atomic mass is 16.2. The van der Waals surface area contributed by atoms with E-state index in [0.717, 1.165) is 0 Å². The van der Waals surface area contributed by atoms with Gasteiger partial charge < -0.3 is 16.0 Å². The van der Waals surface area contributed by atoms with E-state index in [0.29, 0.717) is 11.4 Å². The van der Waals surface area contributed by atoms with Crippen molar-refractivity contribution >= 4 is 23.3 Å². The molecule has 0 spiro atoms. The fourth-order valence-corrected chi connectivity index (χ4v) is 1.17. The molecular weight excluding hydrogens is 218 g/mol. The molecule has 0 aliphatic rings. The second-order valence-electron chi connectivity index (χ2n) is 3.27. The Labute approximate surface area is 99.9 Å². The molecule has 0 aromatic heterocycles. The number of nitrogens with one attached hydrogen (secondary N) is 3. The third-order valence-electron chi connectivity index (χ3n) is 1.96. The van der Waals surface area contributed by atoms with Gasteiger partial charge in [0.1, 0.15) is 0 Å². The summed E-state index contributed by atoms with van der Waals surface area (Å²) in [5.74, 6) is -0.181. The molecule has 1 rings (SSSR count). The van der Waals surface area contributed by atoms with Crippen molar-refractivity contribution < 1.29 is 9.59 Å². The number of amides is 3. The monoisotopic (exact) mass is 233 g/mol. The molecule has 0 bridgehead atoms. The molecule has 1 aromatic carbocycles. The van der Waals surface area contributed by atoms with Crippen LogP contribution in [-0.2, 0) is 4.79 Å². The highest BCUT2D eigenvalue weighted by Crippen LogP contribution is 2.13. The lowest BCUT2D eigenvalue weighted by molar-refractivity contribution is -0.111. The second-order valence-corrected chi connectivity index (χ2v) is 3.27. The summed E-state index contributed by atoms with van der Waals surface area (Å²) in [6, 6.07) is 6.57. The quantitative estimate of drug-likeness (QED) is 0.698. The van der Waals surface area contributed by atoms with Crippen molar-refractivity contribution in [3.8, 4) is 0 Å². The summed E-state index contributed by atoms with van der Waals surface area (Å²) in [6.45, 7) is 1.77. The van der Waals surface area contributed by atoms with E-state index in [1.54, 1.807) is 44.3 Å². The first-order chi connectivity index (χ1) is 8.15. The van der Waals surface area contributed by atoms with Crippen molar-refractivity contribution in [3.63, 3.8) is 0 Å². The maximum Gasteiger partial charge on any atom is 0.318 e. The van der Waals surface area contributed by atoms with Gasteiger partial charge >= 0.3 is 6.03 Å². The Morgan fingerprint density at radius 3 is 2.06 bits per heavy atom. The van der Waals surface area contributed by atoms with E-state index in [2.05, 4.69) is 16.0 Å². The van der Waals surface area contributed by atoms with Gasteiger partial charge in [-0.25, -0.2) is 4.79 Å². The Morgan fingerprint density at radius 1 is 1.06 bits per heavy atom. The number of urea groups is 1. The average molecular weight is 233 g/mol. The predicted molar refractivity (Wildman–Crippen MR) is 68.0 cm³/mol. The summed E-state index contributed by atoms with van der Waals surface area (Å²) in [4.78, 5) is 22.3. The van der Waals surface area contributed by atoms with E-state index in [4.69, 9.17) is 0 Å². The molecule has 1 aromatic rings. The van der Waals surface area contributed by atoms with Crippen LogP contribution in [0.2, 0.25) is 0 Å². The van der Waals surface area contributed by atoms with Gasteiger partial charge in [0.15, 0.2) is 0 Å². The summed E-state index contributed by atoms with van der Waals surface area (Å²) in [5.41, 5.74) is 1.34. The molecule has 90 valence electrons. The lowest BCUT2D eigenvalue weighted by Gasteiger charge is -2.06. The molecule has 5 heteroatoms. The van der Waals surface area contributed by atoms with Gasteiger partial charge in [-0.2, -0.15) is 0 Å². The zero-order valence-corrected chi connectivity index (χ0v) is 9.78. The number of hydrogen-bond donors (Lipinski definition) is 3. The van der Waals surface area contributed by atoms with Crippen molar-refractivity contribution in [3.05, 3.63) is 36.4 Å². The van der Waals surface area contributed by atoms with Crippen LogP contribution in [0.4, 0.5) is 16.2 Å². The lowest BCUT2D eigenvalue weighted by atomic mass is 10.3. The molecule has 5 nitrogen and oxygen atoms in total. The fourth-order valence-electron chi connectivity index (χ4n) is 1.17. The molecule has 17 heavy (non-hydrogen) atoms. The lowest BCUT2D eigenvalue weighted by Crippen LogP contribution is -2.24. The van der Waals surface area contributed by atoms with E-state index in [1.807, 2.05) is 0 Å². The summed E-state index contributed by atoms with van der Waals surface area (Å²) >= 11 is 0. The fraction of sp³-hybridized carbons (Fsp3) is 0.167. The second kappa shape index (κ2) is 6.32. The number of hydrogen-bond acceptors (Lipinski definition) is 2. The minimum absolute atomic E-state index is 0.181. The van der Waals surface area contributed by atoms with Crippen molar-refractivity contribution in [2.24, 2.45) is 0 Å². The van der Waals surface area contributed by atoms with Gasteiger partial charge in [0.05, 0.1) is 0 Å². The van der Waals surface area contributed by atoms with Gasteiger partial charge in [-0.1, -0.05) is 6.08 Å². The molecule has 0 aliphatic carbocycles. The van der Waals surface area contributed by atoms with Gasteiger partial charge in [0.2, 0.25) is 5.91 Å². The zero-order chi connectivity index (χ0) is 12.7. The smallest absolute Gasteiger partial charge is 0.318 e. The van der Waals surface area contributed by atoms with Gasteiger partial charge in [0, 0.05) is 18.4 Å². The standard InChI is InChI=1S/C12H15N3O2/c1-3-4-11(16)14-9-5-7-10(8-6-9)15-12(17)13-2/h3-8H,1-2H3,(H,14,16)(H2,13,15,17). The zero-order valence-electron chi connectivity index (χ0n) is 9.78. The molecule has 0 saturated heterocycles. The molecule has 0 fully saturated rings. The van der Waals surface area contributed by atoms with E-state index >= 15 is 0 Å². The summed E-state index contributed by atoms with van der Waals surface area (Å²) < 4.78 is 0. The Hall–Kier alpha value is -2.30. The summed E-state index contributed by atoms with van der Waals surface area (Å²) in [6.07, 6.45) is 3.10. The van der Waals surface area contributed by atoms with Crippen LogP contribution in [0.5, 0.6) is 0 Å². The maximum absolute atomic E-state index is 11.2. The van der Waals surface area contributed by atoms with Crippen LogP contribution in [0.25, 0.3) is 0 Å². The minimum atomic E-state index is -0.282. The molecule has 0 unspecified atom stereocenters. The Balaban J connectivity index is 2.61. The van der Waals surface area contributed by atoms with Gasteiger partial charge in [0.25, 0.3) is 0 Å². The molecule has 0 aliphatic heterocycles.